The number of aromatic nitrogens is 1. The Hall–Kier alpha value is -0.610. The highest BCUT2D eigenvalue weighted by molar-refractivity contribution is 7.13. The van der Waals surface area contributed by atoms with Gasteiger partial charge in [0, 0.05) is 24.9 Å². The summed E-state index contributed by atoms with van der Waals surface area (Å²) in [5.41, 5.74) is 6.77. The van der Waals surface area contributed by atoms with Crippen molar-refractivity contribution in [2.24, 2.45) is 11.8 Å². The van der Waals surface area contributed by atoms with Crippen LogP contribution in [0.4, 0.5) is 5.13 Å². The van der Waals surface area contributed by atoms with Crippen LogP contribution in [0.2, 0.25) is 0 Å². The highest BCUT2D eigenvalue weighted by Crippen LogP contribution is 2.22. The Morgan fingerprint density at radius 2 is 2.31 bits per heavy atom. The number of hydrogen-bond donors (Lipinski definition) is 1. The van der Waals surface area contributed by atoms with Crippen molar-refractivity contribution in [1.82, 2.24) is 9.88 Å². The summed E-state index contributed by atoms with van der Waals surface area (Å²) in [4.78, 5) is 6.85. The third kappa shape index (κ3) is 2.95. The second kappa shape index (κ2) is 5.15. The Morgan fingerprint density at radius 3 is 2.94 bits per heavy atom. The third-order valence-electron chi connectivity index (χ3n) is 3.67. The van der Waals surface area contributed by atoms with Gasteiger partial charge in [-0.1, -0.05) is 13.8 Å². The number of anilines is 1. The lowest BCUT2D eigenvalue weighted by atomic mass is 9.88. The lowest BCUT2D eigenvalue weighted by Gasteiger charge is -2.35. The molecule has 16 heavy (non-hydrogen) atoms. The number of rotatable bonds is 3. The van der Waals surface area contributed by atoms with Crippen molar-refractivity contribution in [2.45, 2.75) is 26.7 Å². The van der Waals surface area contributed by atoms with Gasteiger partial charge in [-0.2, -0.15) is 0 Å². The monoisotopic (exact) mass is 239 g/mol. The van der Waals surface area contributed by atoms with Gasteiger partial charge in [0.25, 0.3) is 0 Å². The summed E-state index contributed by atoms with van der Waals surface area (Å²) in [5.74, 6) is 1.71. The minimum atomic E-state index is 0.690. The van der Waals surface area contributed by atoms with E-state index in [9.17, 15) is 0 Å². The molecule has 2 unspecified atom stereocenters. The molecule has 0 amide bonds. The van der Waals surface area contributed by atoms with Crippen LogP contribution >= 0.6 is 11.3 Å². The van der Waals surface area contributed by atoms with Crippen molar-refractivity contribution in [2.75, 3.05) is 25.4 Å². The van der Waals surface area contributed by atoms with Gasteiger partial charge in [-0.05, 0) is 24.8 Å². The second-order valence-electron chi connectivity index (χ2n) is 4.97. The van der Waals surface area contributed by atoms with Crippen LogP contribution in [0.15, 0.2) is 5.38 Å². The van der Waals surface area contributed by atoms with Crippen LogP contribution < -0.4 is 5.73 Å². The van der Waals surface area contributed by atoms with Crippen molar-refractivity contribution in [1.29, 1.82) is 0 Å². The highest BCUT2D eigenvalue weighted by atomic mass is 32.1. The van der Waals surface area contributed by atoms with Crippen LogP contribution in [0.25, 0.3) is 0 Å². The zero-order chi connectivity index (χ0) is 11.5. The van der Waals surface area contributed by atoms with E-state index < -0.39 is 0 Å². The molecule has 2 heterocycles. The summed E-state index contributed by atoms with van der Waals surface area (Å²) in [6.45, 7) is 8.33. The average Bonchev–Trinajstić information content (AvgIpc) is 2.66. The first kappa shape index (κ1) is 11.9. The molecule has 2 rings (SSSR count). The van der Waals surface area contributed by atoms with Crippen molar-refractivity contribution in [3.8, 4) is 0 Å². The van der Waals surface area contributed by atoms with Crippen LogP contribution in [-0.2, 0) is 6.42 Å². The first-order valence-electron chi connectivity index (χ1n) is 6.07. The normalized spacial score (nSPS) is 27.1. The molecule has 2 N–H and O–H groups in total. The molecule has 2 atom stereocenters. The summed E-state index contributed by atoms with van der Waals surface area (Å²) < 4.78 is 0. The minimum absolute atomic E-state index is 0.690. The molecule has 90 valence electrons. The van der Waals surface area contributed by atoms with Crippen molar-refractivity contribution < 1.29 is 0 Å². The Balaban J connectivity index is 1.78. The van der Waals surface area contributed by atoms with E-state index in [-0.39, 0.29) is 0 Å². The number of thiazole rings is 1. The summed E-state index contributed by atoms with van der Waals surface area (Å²) >= 11 is 1.54. The van der Waals surface area contributed by atoms with Gasteiger partial charge in [0.1, 0.15) is 0 Å². The standard InChI is InChI=1S/C12H21N3S/c1-9-3-5-15(7-10(9)2)6-4-11-8-16-12(13)14-11/h8-10H,3-7H2,1-2H3,(H2,13,14). The molecule has 1 fully saturated rings. The molecular weight excluding hydrogens is 218 g/mol. The second-order valence-corrected chi connectivity index (χ2v) is 5.86. The zero-order valence-electron chi connectivity index (χ0n) is 10.1. The van der Waals surface area contributed by atoms with Crippen LogP contribution in [0.3, 0.4) is 0 Å². The molecule has 1 aromatic heterocycles. The molecule has 0 aliphatic carbocycles. The van der Waals surface area contributed by atoms with Crippen molar-refractivity contribution in [3.05, 3.63) is 11.1 Å². The molecule has 4 heteroatoms. The van der Waals surface area contributed by atoms with E-state index in [0.717, 1.165) is 30.5 Å². The summed E-state index contributed by atoms with van der Waals surface area (Å²) in [7, 11) is 0. The fraction of sp³-hybridized carbons (Fsp3) is 0.750. The minimum Gasteiger partial charge on any atom is -0.375 e. The Kier molecular flexibility index (Phi) is 3.82. The average molecular weight is 239 g/mol. The lowest BCUT2D eigenvalue weighted by Crippen LogP contribution is -2.39. The first-order valence-corrected chi connectivity index (χ1v) is 6.95. The fourth-order valence-corrected chi connectivity index (χ4v) is 2.86. The van der Waals surface area contributed by atoms with Crippen LogP contribution in [0, 0.1) is 11.8 Å². The Labute approximate surface area is 102 Å². The fourth-order valence-electron chi connectivity index (χ4n) is 2.26. The number of nitrogens with zero attached hydrogens (tertiary/aromatic N) is 2. The van der Waals surface area contributed by atoms with Gasteiger partial charge in [0.15, 0.2) is 5.13 Å². The lowest BCUT2D eigenvalue weighted by molar-refractivity contribution is 0.139. The molecular formula is C12H21N3S. The topological polar surface area (TPSA) is 42.1 Å². The van der Waals surface area contributed by atoms with Crippen LogP contribution in [-0.4, -0.2) is 29.5 Å². The summed E-state index contributed by atoms with van der Waals surface area (Å²) in [5, 5.41) is 2.77. The van der Waals surface area contributed by atoms with E-state index in [1.54, 1.807) is 11.3 Å². The van der Waals surface area contributed by atoms with Gasteiger partial charge in [-0.15, -0.1) is 11.3 Å². The molecule has 0 bridgehead atoms. The van der Waals surface area contributed by atoms with Gasteiger partial charge >= 0.3 is 0 Å². The predicted molar refractivity (Wildman–Crippen MR) is 69.6 cm³/mol. The maximum atomic E-state index is 5.62. The quantitative estimate of drug-likeness (QED) is 0.879. The number of piperidine rings is 1. The van der Waals surface area contributed by atoms with E-state index in [4.69, 9.17) is 5.73 Å². The van der Waals surface area contributed by atoms with Gasteiger partial charge in [-0.3, -0.25) is 0 Å². The summed E-state index contributed by atoms with van der Waals surface area (Å²) in [6.07, 6.45) is 2.37. The Bertz CT molecular complexity index is 337. The Morgan fingerprint density at radius 1 is 1.50 bits per heavy atom. The molecule has 0 spiro atoms. The first-order chi connectivity index (χ1) is 7.65. The maximum Gasteiger partial charge on any atom is 0.180 e. The van der Waals surface area contributed by atoms with E-state index in [1.165, 1.54) is 19.5 Å². The molecule has 1 aromatic rings. The molecule has 0 radical (unpaired) electrons. The van der Waals surface area contributed by atoms with Gasteiger partial charge < -0.3 is 10.6 Å². The number of hydrogen-bond acceptors (Lipinski definition) is 4. The van der Waals surface area contributed by atoms with Gasteiger partial charge in [0.05, 0.1) is 5.69 Å². The van der Waals surface area contributed by atoms with Crippen LogP contribution in [0.5, 0.6) is 0 Å². The molecule has 1 saturated heterocycles. The number of nitrogen functional groups attached to an aromatic ring is 1. The maximum absolute atomic E-state index is 5.62. The molecule has 0 aromatic carbocycles. The summed E-state index contributed by atoms with van der Waals surface area (Å²) in [6, 6.07) is 0. The highest BCUT2D eigenvalue weighted by Gasteiger charge is 2.22. The van der Waals surface area contributed by atoms with Crippen LogP contribution in [0.1, 0.15) is 26.0 Å². The largest absolute Gasteiger partial charge is 0.375 e. The van der Waals surface area contributed by atoms with E-state index in [0.29, 0.717) is 5.13 Å². The number of nitrogens with two attached hydrogens (primary N) is 1. The molecule has 1 aliphatic heterocycles. The predicted octanol–water partition coefficient (Wildman–Crippen LogP) is 2.25. The van der Waals surface area contributed by atoms with Gasteiger partial charge in [0.2, 0.25) is 0 Å². The third-order valence-corrected chi connectivity index (χ3v) is 4.39. The smallest absolute Gasteiger partial charge is 0.180 e. The van der Waals surface area contributed by atoms with Crippen molar-refractivity contribution in [3.63, 3.8) is 0 Å². The molecule has 3 nitrogen and oxygen atoms in total. The zero-order valence-corrected chi connectivity index (χ0v) is 11.0. The molecule has 0 saturated carbocycles. The van der Waals surface area contributed by atoms with E-state index in [2.05, 4.69) is 29.1 Å². The number of likely N-dealkylation sites (tertiary alicyclic amines) is 1. The SMILES string of the molecule is CC1CCN(CCc2csc(N)n2)CC1C. The van der Waals surface area contributed by atoms with Crippen molar-refractivity contribution >= 4 is 16.5 Å². The van der Waals surface area contributed by atoms with E-state index in [1.807, 2.05) is 0 Å². The van der Waals surface area contributed by atoms with Gasteiger partial charge in [-0.25, -0.2) is 4.98 Å². The molecule has 1 aliphatic rings. The van der Waals surface area contributed by atoms with E-state index >= 15 is 0 Å².